The molecule has 5 rings (SSSR count). The van der Waals surface area contributed by atoms with Crippen molar-refractivity contribution < 1.29 is 24.1 Å². The third kappa shape index (κ3) is 7.58. The van der Waals surface area contributed by atoms with Gasteiger partial charge in [0.1, 0.15) is 6.61 Å². The summed E-state index contributed by atoms with van der Waals surface area (Å²) in [7, 11) is 1.71. The number of fused-ring (bicyclic) bond motifs is 3. The Balaban J connectivity index is 1.26. The quantitative estimate of drug-likeness (QED) is 0.231. The number of aromatic nitrogens is 1. The number of aliphatic hydroxyl groups is 1. The van der Waals surface area contributed by atoms with E-state index >= 15 is 0 Å². The fraction of sp³-hybridized carbons (Fsp3) is 0.455. The molecule has 3 aromatic carbocycles. The van der Waals surface area contributed by atoms with E-state index in [0.29, 0.717) is 46.0 Å². The van der Waals surface area contributed by atoms with Gasteiger partial charge in [-0.1, -0.05) is 42.5 Å². The third-order valence-electron chi connectivity index (χ3n) is 7.64. The molecule has 8 nitrogen and oxygen atoms in total. The Morgan fingerprint density at radius 1 is 0.902 bits per heavy atom. The molecule has 0 radical (unpaired) electrons. The summed E-state index contributed by atoms with van der Waals surface area (Å²) in [5.41, 5.74) is 3.39. The highest BCUT2D eigenvalue weighted by Gasteiger charge is 2.18. The molecule has 1 aliphatic heterocycles. The molecule has 220 valence electrons. The van der Waals surface area contributed by atoms with Crippen LogP contribution in [0.2, 0.25) is 0 Å². The van der Waals surface area contributed by atoms with E-state index in [4.69, 9.17) is 18.9 Å². The number of methoxy groups -OCH3 is 1. The molecule has 1 atom stereocenters. The zero-order chi connectivity index (χ0) is 28.4. The fourth-order valence-corrected chi connectivity index (χ4v) is 5.63. The molecule has 0 bridgehead atoms. The number of benzene rings is 3. The maximum Gasteiger partial charge on any atom is 0.161 e. The number of morpholine rings is 1. The van der Waals surface area contributed by atoms with Gasteiger partial charge >= 0.3 is 0 Å². The van der Waals surface area contributed by atoms with Crippen LogP contribution in [0, 0.1) is 0 Å². The van der Waals surface area contributed by atoms with Crippen LogP contribution in [0.5, 0.6) is 11.5 Å². The minimum Gasteiger partial charge on any atom is -0.490 e. The van der Waals surface area contributed by atoms with Crippen molar-refractivity contribution in [2.45, 2.75) is 26.1 Å². The van der Waals surface area contributed by atoms with E-state index in [2.05, 4.69) is 75.0 Å². The van der Waals surface area contributed by atoms with Crippen LogP contribution in [0.25, 0.3) is 21.8 Å². The lowest BCUT2D eigenvalue weighted by atomic mass is 10.1. The molecule has 8 heteroatoms. The number of ether oxygens (including phenoxy) is 4. The number of hydrogen-bond donors (Lipinski definition) is 1. The summed E-state index contributed by atoms with van der Waals surface area (Å²) in [6.07, 6.45) is -0.555. The van der Waals surface area contributed by atoms with E-state index in [0.717, 1.165) is 60.9 Å². The van der Waals surface area contributed by atoms with Crippen LogP contribution in [-0.2, 0) is 22.6 Å². The monoisotopic (exact) mass is 561 g/mol. The molecule has 1 fully saturated rings. The van der Waals surface area contributed by atoms with E-state index in [9.17, 15) is 5.11 Å². The molecular weight excluding hydrogens is 518 g/mol. The summed E-state index contributed by atoms with van der Waals surface area (Å²) in [6, 6.07) is 23.0. The molecule has 0 saturated carbocycles. The normalized spacial score (nSPS) is 15.1. The first-order valence-corrected chi connectivity index (χ1v) is 14.7. The molecule has 0 spiro atoms. The van der Waals surface area contributed by atoms with Gasteiger partial charge in [-0.15, -0.1) is 0 Å². The van der Waals surface area contributed by atoms with Gasteiger partial charge in [0.2, 0.25) is 0 Å². The SMILES string of the molecule is CCOc1cc(CN(CCOC)CC(O)Cn2c3ccccc3c3ccccc32)ccc1OCCN1CCOCC1. The van der Waals surface area contributed by atoms with E-state index in [-0.39, 0.29) is 0 Å². The van der Waals surface area contributed by atoms with E-state index in [1.165, 1.54) is 10.8 Å². The van der Waals surface area contributed by atoms with Crippen LogP contribution < -0.4 is 9.47 Å². The average molecular weight is 562 g/mol. The van der Waals surface area contributed by atoms with E-state index in [1.807, 2.05) is 13.0 Å². The number of rotatable bonds is 15. The first kappa shape index (κ1) is 29.4. The zero-order valence-electron chi connectivity index (χ0n) is 24.3. The Labute approximate surface area is 243 Å². The van der Waals surface area contributed by atoms with Crippen molar-refractivity contribution >= 4 is 21.8 Å². The first-order valence-electron chi connectivity index (χ1n) is 14.7. The van der Waals surface area contributed by atoms with Gasteiger partial charge in [0, 0.05) is 68.2 Å². The van der Waals surface area contributed by atoms with Crippen molar-refractivity contribution in [2.24, 2.45) is 0 Å². The maximum atomic E-state index is 11.3. The highest BCUT2D eigenvalue weighted by Crippen LogP contribution is 2.30. The van der Waals surface area contributed by atoms with Gasteiger partial charge in [-0.05, 0) is 36.8 Å². The summed E-state index contributed by atoms with van der Waals surface area (Å²) in [6.45, 7) is 10.5. The lowest BCUT2D eigenvalue weighted by Gasteiger charge is -2.27. The number of aliphatic hydroxyl groups excluding tert-OH is 1. The number of para-hydroxylation sites is 2. The fourth-order valence-electron chi connectivity index (χ4n) is 5.63. The van der Waals surface area contributed by atoms with Gasteiger partial charge in [-0.25, -0.2) is 0 Å². The highest BCUT2D eigenvalue weighted by atomic mass is 16.5. The smallest absolute Gasteiger partial charge is 0.161 e. The standard InChI is InChI=1S/C33H43N3O5/c1-3-40-33-22-26(12-13-32(33)41-21-17-34-15-19-39-20-16-34)23-35(14-18-38-2)24-27(37)25-36-30-10-6-4-8-28(30)29-9-5-7-11-31(29)36/h4-13,22,27,37H,3,14-21,23-25H2,1-2H3. The maximum absolute atomic E-state index is 11.3. The predicted molar refractivity (Wildman–Crippen MR) is 163 cm³/mol. The second-order valence-electron chi connectivity index (χ2n) is 10.5. The van der Waals surface area contributed by atoms with Crippen LogP contribution in [0.4, 0.5) is 0 Å². The van der Waals surface area contributed by atoms with Gasteiger partial charge in [-0.3, -0.25) is 9.80 Å². The first-order chi connectivity index (χ1) is 20.2. The van der Waals surface area contributed by atoms with Gasteiger partial charge in [-0.2, -0.15) is 0 Å². The summed E-state index contributed by atoms with van der Waals surface area (Å²) < 4.78 is 25.2. The minimum atomic E-state index is -0.555. The van der Waals surface area contributed by atoms with Crippen LogP contribution in [-0.4, -0.2) is 98.4 Å². The largest absolute Gasteiger partial charge is 0.490 e. The summed E-state index contributed by atoms with van der Waals surface area (Å²) >= 11 is 0. The van der Waals surface area contributed by atoms with Crippen molar-refractivity contribution in [3.05, 3.63) is 72.3 Å². The summed E-state index contributed by atoms with van der Waals surface area (Å²) in [4.78, 5) is 4.60. The lowest BCUT2D eigenvalue weighted by Crippen LogP contribution is -2.38. The lowest BCUT2D eigenvalue weighted by molar-refractivity contribution is 0.0320. The van der Waals surface area contributed by atoms with Crippen molar-refractivity contribution in [1.29, 1.82) is 0 Å². The molecule has 0 amide bonds. The van der Waals surface area contributed by atoms with Crippen molar-refractivity contribution in [1.82, 2.24) is 14.4 Å². The highest BCUT2D eigenvalue weighted by molar-refractivity contribution is 6.07. The zero-order valence-corrected chi connectivity index (χ0v) is 24.3. The van der Waals surface area contributed by atoms with E-state index < -0.39 is 6.10 Å². The summed E-state index contributed by atoms with van der Waals surface area (Å²) in [5.74, 6) is 1.52. The van der Waals surface area contributed by atoms with Crippen molar-refractivity contribution in [3.8, 4) is 11.5 Å². The Hall–Kier alpha value is -3.14. The van der Waals surface area contributed by atoms with Gasteiger partial charge in [0.05, 0.1) is 39.1 Å². The van der Waals surface area contributed by atoms with Gasteiger partial charge in [0.15, 0.2) is 11.5 Å². The Kier molecular flexibility index (Phi) is 10.5. The van der Waals surface area contributed by atoms with Crippen LogP contribution in [0.3, 0.4) is 0 Å². The van der Waals surface area contributed by atoms with Crippen LogP contribution >= 0.6 is 0 Å². The Morgan fingerprint density at radius 3 is 2.29 bits per heavy atom. The molecule has 1 aliphatic rings. The van der Waals surface area contributed by atoms with Crippen LogP contribution in [0.15, 0.2) is 66.7 Å². The molecular formula is C33H43N3O5. The molecule has 1 saturated heterocycles. The van der Waals surface area contributed by atoms with Gasteiger partial charge < -0.3 is 28.6 Å². The molecule has 2 heterocycles. The molecule has 1 aromatic heterocycles. The molecule has 0 aliphatic carbocycles. The Morgan fingerprint density at radius 2 is 1.61 bits per heavy atom. The third-order valence-corrected chi connectivity index (χ3v) is 7.64. The molecule has 1 N–H and O–H groups in total. The van der Waals surface area contributed by atoms with Crippen molar-refractivity contribution in [2.75, 3.05) is 72.9 Å². The number of nitrogens with zero attached hydrogens (tertiary/aromatic N) is 3. The second kappa shape index (κ2) is 14.7. The number of hydrogen-bond acceptors (Lipinski definition) is 7. The molecule has 41 heavy (non-hydrogen) atoms. The minimum absolute atomic E-state index is 0.512. The van der Waals surface area contributed by atoms with Crippen LogP contribution in [0.1, 0.15) is 12.5 Å². The second-order valence-corrected chi connectivity index (χ2v) is 10.5. The van der Waals surface area contributed by atoms with Gasteiger partial charge in [0.25, 0.3) is 0 Å². The Bertz CT molecular complexity index is 1330. The topological polar surface area (TPSA) is 68.6 Å². The predicted octanol–water partition coefficient (Wildman–Crippen LogP) is 4.41. The van der Waals surface area contributed by atoms with E-state index in [1.54, 1.807) is 7.11 Å². The molecule has 4 aromatic rings. The molecule has 1 unspecified atom stereocenters. The average Bonchev–Trinajstić information content (AvgIpc) is 3.31. The van der Waals surface area contributed by atoms with Crippen molar-refractivity contribution in [3.63, 3.8) is 0 Å². The summed E-state index contributed by atoms with van der Waals surface area (Å²) in [5, 5.41) is 13.7.